The van der Waals surface area contributed by atoms with E-state index in [0.29, 0.717) is 13.0 Å². The number of hydrogen-bond acceptors (Lipinski definition) is 5. The molecule has 4 amide bonds. The molecular weight excluding hydrogens is 404 g/mol. The minimum Gasteiger partial charge on any atom is -0.478 e. The first-order valence-electron chi connectivity index (χ1n) is 10.2. The van der Waals surface area contributed by atoms with Gasteiger partial charge in [-0.1, -0.05) is 26.0 Å². The Labute approximate surface area is 182 Å². The van der Waals surface area contributed by atoms with Gasteiger partial charge < -0.3 is 25.5 Å². The number of allylic oxidation sites excluding steroid dienone is 2. The van der Waals surface area contributed by atoms with Crippen LogP contribution in [0.3, 0.4) is 0 Å². The SMILES string of the molecule is CC(C)[C@H]1C(=O)N(C)[C@@H](C)C(=O)NCCC[C@H](NC(=O)/C=C/C=C/C(=O)O)C(=O)N1C. The Kier molecular flexibility index (Phi) is 9.91. The number of amides is 4. The third kappa shape index (κ3) is 7.54. The second-order valence-corrected chi connectivity index (χ2v) is 7.81. The Morgan fingerprint density at radius 3 is 2.29 bits per heavy atom. The first-order chi connectivity index (χ1) is 14.5. The predicted octanol–water partition coefficient (Wildman–Crippen LogP) is -0.0919. The molecule has 0 saturated carbocycles. The molecule has 172 valence electrons. The topological polar surface area (TPSA) is 136 Å². The molecule has 0 aromatic rings. The van der Waals surface area contributed by atoms with Crippen LogP contribution in [0.25, 0.3) is 0 Å². The largest absolute Gasteiger partial charge is 0.478 e. The highest BCUT2D eigenvalue weighted by Crippen LogP contribution is 2.17. The van der Waals surface area contributed by atoms with Crippen LogP contribution in [0.5, 0.6) is 0 Å². The maximum absolute atomic E-state index is 13.2. The zero-order valence-electron chi connectivity index (χ0n) is 18.6. The van der Waals surface area contributed by atoms with Gasteiger partial charge in [-0.25, -0.2) is 4.79 Å². The molecule has 0 aliphatic carbocycles. The fraction of sp³-hybridized carbons (Fsp3) is 0.571. The third-order valence-corrected chi connectivity index (χ3v) is 5.14. The fourth-order valence-corrected chi connectivity index (χ4v) is 3.28. The van der Waals surface area contributed by atoms with Crippen molar-refractivity contribution in [1.82, 2.24) is 20.4 Å². The van der Waals surface area contributed by atoms with Crippen molar-refractivity contribution < 1.29 is 29.1 Å². The van der Waals surface area contributed by atoms with Crippen LogP contribution in [0.1, 0.15) is 33.6 Å². The van der Waals surface area contributed by atoms with E-state index in [0.717, 1.165) is 12.2 Å². The van der Waals surface area contributed by atoms with Gasteiger partial charge in [-0.2, -0.15) is 0 Å². The summed E-state index contributed by atoms with van der Waals surface area (Å²) in [5.74, 6) is -3.01. The number of carbonyl (C=O) groups excluding carboxylic acids is 4. The van der Waals surface area contributed by atoms with Crippen molar-refractivity contribution in [2.24, 2.45) is 5.92 Å². The van der Waals surface area contributed by atoms with E-state index in [9.17, 15) is 24.0 Å². The highest BCUT2D eigenvalue weighted by molar-refractivity contribution is 5.96. The van der Waals surface area contributed by atoms with Gasteiger partial charge in [-0.3, -0.25) is 19.2 Å². The predicted molar refractivity (Wildman–Crippen MR) is 114 cm³/mol. The van der Waals surface area contributed by atoms with Crippen molar-refractivity contribution in [3.05, 3.63) is 24.3 Å². The molecule has 3 atom stereocenters. The second kappa shape index (κ2) is 11.9. The zero-order valence-corrected chi connectivity index (χ0v) is 18.6. The molecule has 0 radical (unpaired) electrons. The second-order valence-electron chi connectivity index (χ2n) is 7.81. The van der Waals surface area contributed by atoms with E-state index in [1.807, 2.05) is 13.8 Å². The number of likely N-dealkylation sites (N-methyl/N-ethyl adjacent to an activating group) is 2. The molecule has 0 aromatic carbocycles. The summed E-state index contributed by atoms with van der Waals surface area (Å²) in [4.78, 5) is 63.9. The number of carboxylic acids is 1. The summed E-state index contributed by atoms with van der Waals surface area (Å²) in [6, 6.07) is -2.39. The van der Waals surface area contributed by atoms with Gasteiger partial charge in [-0.15, -0.1) is 0 Å². The molecule has 1 fully saturated rings. The molecule has 10 heteroatoms. The van der Waals surface area contributed by atoms with Crippen LogP contribution in [-0.4, -0.2) is 83.3 Å². The summed E-state index contributed by atoms with van der Waals surface area (Å²) in [5.41, 5.74) is 0. The quantitative estimate of drug-likeness (QED) is 0.407. The van der Waals surface area contributed by atoms with Gasteiger partial charge in [0, 0.05) is 32.8 Å². The van der Waals surface area contributed by atoms with Crippen LogP contribution < -0.4 is 10.6 Å². The molecule has 1 aliphatic heterocycles. The van der Waals surface area contributed by atoms with Crippen molar-refractivity contribution >= 4 is 29.6 Å². The molecule has 1 rings (SSSR count). The number of hydrogen-bond donors (Lipinski definition) is 3. The monoisotopic (exact) mass is 436 g/mol. The van der Waals surface area contributed by atoms with Crippen LogP contribution in [-0.2, 0) is 24.0 Å². The van der Waals surface area contributed by atoms with Gasteiger partial charge in [0.25, 0.3) is 0 Å². The van der Waals surface area contributed by atoms with E-state index >= 15 is 0 Å². The number of carboxylic acid groups (broad SMARTS) is 1. The zero-order chi connectivity index (χ0) is 23.7. The number of nitrogens with one attached hydrogen (secondary N) is 2. The Morgan fingerprint density at radius 1 is 1.10 bits per heavy atom. The first kappa shape index (κ1) is 25.9. The van der Waals surface area contributed by atoms with Gasteiger partial charge >= 0.3 is 5.97 Å². The molecule has 0 unspecified atom stereocenters. The molecule has 1 saturated heterocycles. The lowest BCUT2D eigenvalue weighted by Gasteiger charge is -2.37. The van der Waals surface area contributed by atoms with Crippen molar-refractivity contribution in [3.63, 3.8) is 0 Å². The summed E-state index contributed by atoms with van der Waals surface area (Å²) in [5, 5.41) is 13.9. The van der Waals surface area contributed by atoms with Crippen LogP contribution >= 0.6 is 0 Å². The summed E-state index contributed by atoms with van der Waals surface area (Å²) < 4.78 is 0. The Bertz CT molecular complexity index is 761. The van der Waals surface area contributed by atoms with Crippen molar-refractivity contribution in [1.29, 1.82) is 0 Å². The van der Waals surface area contributed by atoms with E-state index in [-0.39, 0.29) is 24.2 Å². The fourth-order valence-electron chi connectivity index (χ4n) is 3.28. The lowest BCUT2D eigenvalue weighted by molar-refractivity contribution is -0.150. The Morgan fingerprint density at radius 2 is 1.71 bits per heavy atom. The number of rotatable bonds is 5. The van der Waals surface area contributed by atoms with E-state index in [4.69, 9.17) is 5.11 Å². The van der Waals surface area contributed by atoms with E-state index in [1.54, 1.807) is 6.92 Å². The highest BCUT2D eigenvalue weighted by Gasteiger charge is 2.37. The van der Waals surface area contributed by atoms with Crippen LogP contribution in [0.15, 0.2) is 24.3 Å². The van der Waals surface area contributed by atoms with Crippen LogP contribution in [0.2, 0.25) is 0 Å². The minimum atomic E-state index is -1.15. The normalized spacial score (nSPS) is 24.3. The summed E-state index contributed by atoms with van der Waals surface area (Å²) in [6.07, 6.45) is 5.14. The van der Waals surface area contributed by atoms with E-state index in [2.05, 4.69) is 10.6 Å². The average molecular weight is 437 g/mol. The maximum Gasteiger partial charge on any atom is 0.328 e. The van der Waals surface area contributed by atoms with E-state index < -0.39 is 35.9 Å². The molecule has 1 heterocycles. The molecule has 0 spiro atoms. The lowest BCUT2D eigenvalue weighted by atomic mass is 9.98. The Hall–Kier alpha value is -3.17. The maximum atomic E-state index is 13.2. The minimum absolute atomic E-state index is 0.223. The summed E-state index contributed by atoms with van der Waals surface area (Å²) in [6.45, 7) is 5.54. The van der Waals surface area contributed by atoms with Gasteiger partial charge in [0.1, 0.15) is 18.1 Å². The molecular formula is C21H32N4O6. The molecule has 3 N–H and O–H groups in total. The molecule has 10 nitrogen and oxygen atoms in total. The van der Waals surface area contributed by atoms with Gasteiger partial charge in [0.15, 0.2) is 0 Å². The van der Waals surface area contributed by atoms with Gasteiger partial charge in [0.2, 0.25) is 23.6 Å². The Balaban J connectivity index is 3.12. The molecule has 0 aromatic heterocycles. The van der Waals surface area contributed by atoms with Crippen LogP contribution in [0, 0.1) is 5.92 Å². The van der Waals surface area contributed by atoms with Gasteiger partial charge in [0.05, 0.1) is 0 Å². The molecule has 1 aliphatic rings. The molecule has 31 heavy (non-hydrogen) atoms. The van der Waals surface area contributed by atoms with Gasteiger partial charge in [-0.05, 0) is 25.7 Å². The smallest absolute Gasteiger partial charge is 0.328 e. The standard InChI is InChI=1S/C21H32N4O6/c1-13(2)18-21(31)24(4)14(3)19(29)22-12-8-9-15(20(30)25(18)5)23-16(26)10-6-7-11-17(27)28/h6-7,10-11,13-15,18H,8-9,12H2,1-5H3,(H,22,29)(H,23,26)(H,27,28)/b10-6+,11-7+/t14-,15-,18-/m0/s1. The van der Waals surface area contributed by atoms with Crippen LogP contribution in [0.4, 0.5) is 0 Å². The van der Waals surface area contributed by atoms with Crippen molar-refractivity contribution in [2.45, 2.75) is 51.7 Å². The summed E-state index contributed by atoms with van der Waals surface area (Å²) >= 11 is 0. The third-order valence-electron chi connectivity index (χ3n) is 5.14. The highest BCUT2D eigenvalue weighted by atomic mass is 16.4. The molecule has 0 bridgehead atoms. The average Bonchev–Trinajstić information content (AvgIpc) is 2.70. The summed E-state index contributed by atoms with van der Waals surface area (Å²) in [7, 11) is 3.04. The number of nitrogens with zero attached hydrogens (tertiary/aromatic N) is 2. The first-order valence-corrected chi connectivity index (χ1v) is 10.2. The van der Waals surface area contributed by atoms with Crippen molar-refractivity contribution in [3.8, 4) is 0 Å². The van der Waals surface area contributed by atoms with E-state index in [1.165, 1.54) is 36.0 Å². The van der Waals surface area contributed by atoms with Crippen molar-refractivity contribution in [2.75, 3.05) is 20.6 Å². The lowest BCUT2D eigenvalue weighted by Crippen LogP contribution is -2.59. The number of carbonyl (C=O) groups is 5. The number of aliphatic carboxylic acids is 1.